The third-order valence-electron chi connectivity index (χ3n) is 2.89. The summed E-state index contributed by atoms with van der Waals surface area (Å²) in [5.74, 6) is 0. The van der Waals surface area contributed by atoms with Crippen LogP contribution in [0.5, 0.6) is 0 Å². The van der Waals surface area contributed by atoms with Crippen LogP contribution in [-0.4, -0.2) is 12.1 Å². The maximum absolute atomic E-state index is 3.66. The molecule has 0 bridgehead atoms. The average molecular weight is 205 g/mol. The predicted octanol–water partition coefficient (Wildman–Crippen LogP) is 3.40. The Morgan fingerprint density at radius 3 is 2.20 bits per heavy atom. The standard InChI is InChI=1S/C14H23N/c1-4-14(5-2)15-12(3)11-13-9-7-6-8-10-13/h6-10,12,14-15H,4-5,11H2,1-3H3. The van der Waals surface area contributed by atoms with Crippen LogP contribution in [0.4, 0.5) is 0 Å². The molecule has 1 rings (SSSR count). The summed E-state index contributed by atoms with van der Waals surface area (Å²) in [5, 5.41) is 3.66. The van der Waals surface area contributed by atoms with Crippen molar-refractivity contribution in [2.45, 2.75) is 52.1 Å². The van der Waals surface area contributed by atoms with E-state index in [-0.39, 0.29) is 0 Å². The molecule has 1 heteroatoms. The van der Waals surface area contributed by atoms with Crippen LogP contribution in [0.15, 0.2) is 30.3 Å². The van der Waals surface area contributed by atoms with Gasteiger partial charge in [-0.1, -0.05) is 44.2 Å². The molecule has 0 aliphatic rings. The van der Waals surface area contributed by atoms with E-state index in [1.807, 2.05) is 0 Å². The number of benzene rings is 1. The van der Waals surface area contributed by atoms with Gasteiger partial charge in [-0.25, -0.2) is 0 Å². The van der Waals surface area contributed by atoms with E-state index in [4.69, 9.17) is 0 Å². The molecule has 1 N–H and O–H groups in total. The molecular formula is C14H23N. The first-order chi connectivity index (χ1) is 7.26. The van der Waals surface area contributed by atoms with E-state index in [1.165, 1.54) is 18.4 Å². The first-order valence-electron chi connectivity index (χ1n) is 6.06. The molecule has 84 valence electrons. The van der Waals surface area contributed by atoms with Crippen molar-refractivity contribution in [3.8, 4) is 0 Å². The fraction of sp³-hybridized carbons (Fsp3) is 0.571. The normalized spacial score (nSPS) is 13.1. The van der Waals surface area contributed by atoms with Crippen LogP contribution in [0.2, 0.25) is 0 Å². The molecule has 1 aromatic carbocycles. The summed E-state index contributed by atoms with van der Waals surface area (Å²) in [4.78, 5) is 0. The highest BCUT2D eigenvalue weighted by Crippen LogP contribution is 2.05. The summed E-state index contributed by atoms with van der Waals surface area (Å²) < 4.78 is 0. The minimum atomic E-state index is 0.567. The van der Waals surface area contributed by atoms with Crippen molar-refractivity contribution in [3.63, 3.8) is 0 Å². The second kappa shape index (κ2) is 6.62. The lowest BCUT2D eigenvalue weighted by Crippen LogP contribution is -2.36. The molecule has 0 spiro atoms. The van der Waals surface area contributed by atoms with Gasteiger partial charge in [0.05, 0.1) is 0 Å². The monoisotopic (exact) mass is 205 g/mol. The number of hydrogen-bond acceptors (Lipinski definition) is 1. The first-order valence-corrected chi connectivity index (χ1v) is 6.06. The fourth-order valence-corrected chi connectivity index (χ4v) is 1.95. The minimum absolute atomic E-state index is 0.567. The van der Waals surface area contributed by atoms with E-state index >= 15 is 0 Å². The third kappa shape index (κ3) is 4.48. The second-order valence-electron chi connectivity index (χ2n) is 4.27. The van der Waals surface area contributed by atoms with Gasteiger partial charge in [-0.3, -0.25) is 0 Å². The highest BCUT2D eigenvalue weighted by atomic mass is 14.9. The van der Waals surface area contributed by atoms with Crippen molar-refractivity contribution in [3.05, 3.63) is 35.9 Å². The Bertz CT molecular complexity index is 251. The zero-order valence-electron chi connectivity index (χ0n) is 10.2. The van der Waals surface area contributed by atoms with Crippen LogP contribution in [0, 0.1) is 0 Å². The van der Waals surface area contributed by atoms with Crippen molar-refractivity contribution < 1.29 is 0 Å². The minimum Gasteiger partial charge on any atom is -0.311 e. The van der Waals surface area contributed by atoms with E-state index < -0.39 is 0 Å². The van der Waals surface area contributed by atoms with Gasteiger partial charge in [0.1, 0.15) is 0 Å². The number of nitrogens with one attached hydrogen (secondary N) is 1. The maximum atomic E-state index is 3.66. The van der Waals surface area contributed by atoms with E-state index in [9.17, 15) is 0 Å². The van der Waals surface area contributed by atoms with Gasteiger partial charge in [0.15, 0.2) is 0 Å². The van der Waals surface area contributed by atoms with Gasteiger partial charge in [0, 0.05) is 12.1 Å². The van der Waals surface area contributed by atoms with Crippen LogP contribution in [-0.2, 0) is 6.42 Å². The summed E-state index contributed by atoms with van der Waals surface area (Å²) in [6.45, 7) is 6.76. The first kappa shape index (κ1) is 12.3. The molecule has 0 heterocycles. The second-order valence-corrected chi connectivity index (χ2v) is 4.27. The van der Waals surface area contributed by atoms with Crippen LogP contribution in [0.3, 0.4) is 0 Å². The Morgan fingerprint density at radius 1 is 1.07 bits per heavy atom. The topological polar surface area (TPSA) is 12.0 Å². The molecule has 1 aromatic rings. The van der Waals surface area contributed by atoms with Crippen LogP contribution in [0.1, 0.15) is 39.2 Å². The molecule has 0 saturated heterocycles. The number of rotatable bonds is 6. The average Bonchev–Trinajstić information content (AvgIpc) is 2.27. The molecular weight excluding hydrogens is 182 g/mol. The SMILES string of the molecule is CCC(CC)NC(C)Cc1ccccc1. The Hall–Kier alpha value is -0.820. The molecule has 15 heavy (non-hydrogen) atoms. The zero-order chi connectivity index (χ0) is 11.1. The van der Waals surface area contributed by atoms with Crippen molar-refractivity contribution in [2.75, 3.05) is 0 Å². The zero-order valence-corrected chi connectivity index (χ0v) is 10.2. The molecule has 0 fully saturated rings. The van der Waals surface area contributed by atoms with E-state index in [1.54, 1.807) is 0 Å². The van der Waals surface area contributed by atoms with Gasteiger partial charge in [-0.2, -0.15) is 0 Å². The summed E-state index contributed by atoms with van der Waals surface area (Å²) in [7, 11) is 0. The van der Waals surface area contributed by atoms with Gasteiger partial charge in [-0.15, -0.1) is 0 Å². The quantitative estimate of drug-likeness (QED) is 0.750. The van der Waals surface area contributed by atoms with Crippen molar-refractivity contribution in [1.29, 1.82) is 0 Å². The van der Waals surface area contributed by atoms with E-state index in [0.717, 1.165) is 6.42 Å². The smallest absolute Gasteiger partial charge is 0.00817 e. The predicted molar refractivity (Wildman–Crippen MR) is 67.1 cm³/mol. The molecule has 1 unspecified atom stereocenters. The van der Waals surface area contributed by atoms with Gasteiger partial charge >= 0.3 is 0 Å². The molecule has 0 amide bonds. The maximum Gasteiger partial charge on any atom is 0.00817 e. The molecule has 0 saturated carbocycles. The van der Waals surface area contributed by atoms with Crippen LogP contribution in [0.25, 0.3) is 0 Å². The van der Waals surface area contributed by atoms with Gasteiger partial charge in [0.2, 0.25) is 0 Å². The highest BCUT2D eigenvalue weighted by molar-refractivity contribution is 5.15. The highest BCUT2D eigenvalue weighted by Gasteiger charge is 2.08. The summed E-state index contributed by atoms with van der Waals surface area (Å²) >= 11 is 0. The molecule has 0 radical (unpaired) electrons. The van der Waals surface area contributed by atoms with Crippen molar-refractivity contribution in [2.24, 2.45) is 0 Å². The molecule has 0 aliphatic carbocycles. The van der Waals surface area contributed by atoms with E-state index in [2.05, 4.69) is 56.4 Å². The van der Waals surface area contributed by atoms with Crippen LogP contribution < -0.4 is 5.32 Å². The largest absolute Gasteiger partial charge is 0.311 e. The lowest BCUT2D eigenvalue weighted by atomic mass is 10.1. The summed E-state index contributed by atoms with van der Waals surface area (Å²) in [6, 6.07) is 11.9. The van der Waals surface area contributed by atoms with Crippen molar-refractivity contribution >= 4 is 0 Å². The molecule has 1 nitrogen and oxygen atoms in total. The van der Waals surface area contributed by atoms with Gasteiger partial charge in [0.25, 0.3) is 0 Å². The van der Waals surface area contributed by atoms with Crippen LogP contribution >= 0.6 is 0 Å². The lowest BCUT2D eigenvalue weighted by molar-refractivity contribution is 0.422. The molecule has 0 aromatic heterocycles. The Morgan fingerprint density at radius 2 is 1.67 bits per heavy atom. The van der Waals surface area contributed by atoms with E-state index in [0.29, 0.717) is 12.1 Å². The Kier molecular flexibility index (Phi) is 5.41. The Labute approximate surface area is 93.9 Å². The third-order valence-corrected chi connectivity index (χ3v) is 2.89. The molecule has 0 aliphatic heterocycles. The Balaban J connectivity index is 2.39. The van der Waals surface area contributed by atoms with Gasteiger partial charge < -0.3 is 5.32 Å². The summed E-state index contributed by atoms with van der Waals surface area (Å²) in [5.41, 5.74) is 1.42. The number of hydrogen-bond donors (Lipinski definition) is 1. The van der Waals surface area contributed by atoms with Crippen molar-refractivity contribution in [1.82, 2.24) is 5.32 Å². The van der Waals surface area contributed by atoms with Gasteiger partial charge in [-0.05, 0) is 31.7 Å². The molecule has 1 atom stereocenters. The fourth-order valence-electron chi connectivity index (χ4n) is 1.95. The summed E-state index contributed by atoms with van der Waals surface area (Å²) in [6.07, 6.45) is 3.56. The lowest BCUT2D eigenvalue weighted by Gasteiger charge is -2.21.